The number of thioether (sulfide) groups is 1. The predicted octanol–water partition coefficient (Wildman–Crippen LogP) is 4.98. The maximum atomic E-state index is 12.9. The van der Waals surface area contributed by atoms with Crippen LogP contribution in [0.3, 0.4) is 0 Å². The van der Waals surface area contributed by atoms with Gasteiger partial charge in [-0.15, -0.1) is 0 Å². The molecule has 0 radical (unpaired) electrons. The Labute approximate surface area is 170 Å². The number of carbonyl (C=O) groups excluding carboxylic acids is 1. The highest BCUT2D eigenvalue weighted by atomic mass is 32.2. The van der Waals surface area contributed by atoms with E-state index in [1.165, 1.54) is 17.5 Å². The van der Waals surface area contributed by atoms with Crippen molar-refractivity contribution in [2.24, 2.45) is 0 Å². The molecule has 3 heterocycles. The van der Waals surface area contributed by atoms with E-state index >= 15 is 0 Å². The molecule has 7 heteroatoms. The Kier molecular flexibility index (Phi) is 6.13. The highest BCUT2D eigenvalue weighted by Crippen LogP contribution is 2.26. The summed E-state index contributed by atoms with van der Waals surface area (Å²) in [6.45, 7) is 13.0. The van der Waals surface area contributed by atoms with Gasteiger partial charge < -0.3 is 9.09 Å². The van der Waals surface area contributed by atoms with Crippen LogP contribution in [0.25, 0.3) is 5.82 Å². The fourth-order valence-corrected chi connectivity index (χ4v) is 4.38. The molecule has 3 aromatic rings. The standard InChI is InChI=1S/C21H28N4O2S/c1-7-8-9-24-16(5)15(4)22-21(24)28-12-19(26)18-10-13(2)25(17(18)6)20-11-14(3)27-23-20/h10-11H,7-9,12H2,1-6H3. The third-order valence-corrected chi connectivity index (χ3v) is 6.04. The van der Waals surface area contributed by atoms with E-state index in [0.29, 0.717) is 11.6 Å². The first-order valence-electron chi connectivity index (χ1n) is 9.65. The Hall–Kier alpha value is -2.28. The average Bonchev–Trinajstić information content (AvgIpc) is 3.28. The number of nitrogens with zero attached hydrogens (tertiary/aromatic N) is 4. The Balaban J connectivity index is 1.79. The monoisotopic (exact) mass is 400 g/mol. The summed E-state index contributed by atoms with van der Waals surface area (Å²) in [5.74, 6) is 1.92. The van der Waals surface area contributed by atoms with Crippen LogP contribution in [-0.4, -0.2) is 30.8 Å². The van der Waals surface area contributed by atoms with Crippen molar-refractivity contribution in [1.82, 2.24) is 19.3 Å². The number of hydrogen-bond acceptors (Lipinski definition) is 5. The number of aryl methyl sites for hydroxylation is 3. The summed E-state index contributed by atoms with van der Waals surface area (Å²) in [5.41, 5.74) is 4.80. The van der Waals surface area contributed by atoms with Crippen molar-refractivity contribution in [2.45, 2.75) is 66.1 Å². The van der Waals surface area contributed by atoms with Crippen molar-refractivity contribution in [3.63, 3.8) is 0 Å². The van der Waals surface area contributed by atoms with E-state index in [1.54, 1.807) is 0 Å². The van der Waals surface area contributed by atoms with Crippen molar-refractivity contribution in [3.8, 4) is 5.82 Å². The smallest absolute Gasteiger partial charge is 0.180 e. The van der Waals surface area contributed by atoms with Crippen LogP contribution < -0.4 is 0 Å². The van der Waals surface area contributed by atoms with Crippen LogP contribution in [0.2, 0.25) is 0 Å². The lowest BCUT2D eigenvalue weighted by Crippen LogP contribution is -2.08. The van der Waals surface area contributed by atoms with Gasteiger partial charge in [-0.05, 0) is 47.1 Å². The highest BCUT2D eigenvalue weighted by Gasteiger charge is 2.20. The van der Waals surface area contributed by atoms with E-state index in [4.69, 9.17) is 4.52 Å². The first-order valence-corrected chi connectivity index (χ1v) is 10.6. The number of hydrogen-bond donors (Lipinski definition) is 0. The van der Waals surface area contributed by atoms with Crippen LogP contribution in [0.4, 0.5) is 0 Å². The van der Waals surface area contributed by atoms with Gasteiger partial charge in [0.25, 0.3) is 0 Å². The van der Waals surface area contributed by atoms with Crippen molar-refractivity contribution >= 4 is 17.5 Å². The molecular weight excluding hydrogens is 372 g/mol. The zero-order valence-corrected chi connectivity index (χ0v) is 18.3. The number of carbonyl (C=O) groups is 1. The van der Waals surface area contributed by atoms with Crippen LogP contribution in [0.5, 0.6) is 0 Å². The van der Waals surface area contributed by atoms with Crippen molar-refractivity contribution in [1.29, 1.82) is 0 Å². The summed E-state index contributed by atoms with van der Waals surface area (Å²) in [7, 11) is 0. The zero-order valence-electron chi connectivity index (χ0n) is 17.5. The van der Waals surface area contributed by atoms with Crippen LogP contribution >= 0.6 is 11.8 Å². The van der Waals surface area contributed by atoms with Gasteiger partial charge >= 0.3 is 0 Å². The van der Waals surface area contributed by atoms with Gasteiger partial charge in [0.2, 0.25) is 0 Å². The Morgan fingerprint density at radius 1 is 1.14 bits per heavy atom. The Bertz CT molecular complexity index is 997. The maximum Gasteiger partial charge on any atom is 0.180 e. The molecule has 6 nitrogen and oxygen atoms in total. The molecule has 0 saturated heterocycles. The van der Waals surface area contributed by atoms with E-state index < -0.39 is 0 Å². The van der Waals surface area contributed by atoms with Crippen molar-refractivity contribution < 1.29 is 9.32 Å². The number of imidazole rings is 1. The molecule has 3 aromatic heterocycles. The van der Waals surface area contributed by atoms with Gasteiger partial charge in [0.05, 0.1) is 11.4 Å². The summed E-state index contributed by atoms with van der Waals surface area (Å²) >= 11 is 1.52. The molecule has 150 valence electrons. The third kappa shape index (κ3) is 3.94. The molecule has 0 aliphatic rings. The minimum absolute atomic E-state index is 0.102. The number of Topliss-reactive ketones (excluding diaryl/α,β-unsaturated/α-hetero) is 1. The lowest BCUT2D eigenvalue weighted by Gasteiger charge is -2.09. The minimum atomic E-state index is 0.102. The largest absolute Gasteiger partial charge is 0.360 e. The summed E-state index contributed by atoms with van der Waals surface area (Å²) < 4.78 is 9.39. The number of ketones is 1. The second-order valence-electron chi connectivity index (χ2n) is 7.20. The zero-order chi connectivity index (χ0) is 20.4. The first kappa shape index (κ1) is 20.5. The summed E-state index contributed by atoms with van der Waals surface area (Å²) in [5, 5.41) is 5.01. The normalized spacial score (nSPS) is 11.4. The third-order valence-electron chi connectivity index (χ3n) is 5.07. The van der Waals surface area contributed by atoms with Crippen LogP contribution in [0.1, 0.15) is 58.7 Å². The summed E-state index contributed by atoms with van der Waals surface area (Å²) in [4.78, 5) is 17.6. The maximum absolute atomic E-state index is 12.9. The van der Waals surface area contributed by atoms with E-state index in [1.807, 2.05) is 44.4 Å². The van der Waals surface area contributed by atoms with Gasteiger partial charge in [-0.1, -0.05) is 30.3 Å². The van der Waals surface area contributed by atoms with E-state index in [9.17, 15) is 4.79 Å². The van der Waals surface area contributed by atoms with Crippen molar-refractivity contribution in [2.75, 3.05) is 5.75 Å². The van der Waals surface area contributed by atoms with Gasteiger partial charge in [0.1, 0.15) is 5.76 Å². The summed E-state index contributed by atoms with van der Waals surface area (Å²) in [6, 6.07) is 3.81. The van der Waals surface area contributed by atoms with E-state index in [-0.39, 0.29) is 5.78 Å². The highest BCUT2D eigenvalue weighted by molar-refractivity contribution is 7.99. The fourth-order valence-electron chi connectivity index (χ4n) is 3.38. The van der Waals surface area contributed by atoms with Gasteiger partial charge in [-0.25, -0.2) is 4.98 Å². The second-order valence-corrected chi connectivity index (χ2v) is 8.14. The van der Waals surface area contributed by atoms with Crippen LogP contribution in [0, 0.1) is 34.6 Å². The number of rotatable bonds is 8. The molecule has 0 bridgehead atoms. The lowest BCUT2D eigenvalue weighted by atomic mass is 10.2. The average molecular weight is 401 g/mol. The quantitative estimate of drug-likeness (QED) is 0.394. The Morgan fingerprint density at radius 3 is 2.54 bits per heavy atom. The van der Waals surface area contributed by atoms with Crippen LogP contribution in [-0.2, 0) is 6.54 Å². The summed E-state index contributed by atoms with van der Waals surface area (Å²) in [6.07, 6.45) is 2.24. The van der Waals surface area contributed by atoms with E-state index in [0.717, 1.165) is 52.9 Å². The predicted molar refractivity (Wildman–Crippen MR) is 112 cm³/mol. The Morgan fingerprint density at radius 2 is 1.89 bits per heavy atom. The second kappa shape index (κ2) is 8.39. The molecule has 0 amide bonds. The van der Waals surface area contributed by atoms with Gasteiger partial charge in [-0.2, -0.15) is 0 Å². The lowest BCUT2D eigenvalue weighted by molar-refractivity contribution is 0.102. The molecule has 3 rings (SSSR count). The van der Waals surface area contributed by atoms with Crippen LogP contribution in [0.15, 0.2) is 21.8 Å². The molecule has 0 saturated carbocycles. The molecule has 0 unspecified atom stereocenters. The van der Waals surface area contributed by atoms with Gasteiger partial charge in [-0.3, -0.25) is 9.36 Å². The molecule has 0 aliphatic heterocycles. The molecule has 0 aliphatic carbocycles. The molecular formula is C21H28N4O2S. The first-order chi connectivity index (χ1) is 13.3. The number of aromatic nitrogens is 4. The molecule has 0 N–H and O–H groups in total. The molecule has 0 aromatic carbocycles. The molecule has 0 spiro atoms. The van der Waals surface area contributed by atoms with Gasteiger partial charge in [0, 0.05) is 35.3 Å². The molecule has 0 atom stereocenters. The molecule has 0 fully saturated rings. The minimum Gasteiger partial charge on any atom is -0.360 e. The molecule has 28 heavy (non-hydrogen) atoms. The van der Waals surface area contributed by atoms with Gasteiger partial charge in [0.15, 0.2) is 16.8 Å². The van der Waals surface area contributed by atoms with E-state index in [2.05, 4.69) is 28.6 Å². The fraction of sp³-hybridized carbons (Fsp3) is 0.476. The topological polar surface area (TPSA) is 65.8 Å². The van der Waals surface area contributed by atoms with Crippen molar-refractivity contribution in [3.05, 3.63) is 46.2 Å². The SMILES string of the molecule is CCCCn1c(SCC(=O)c2cc(C)n(-c3cc(C)on3)c2C)nc(C)c1C. The number of unbranched alkanes of at least 4 members (excludes halogenated alkanes) is 1.